The van der Waals surface area contributed by atoms with E-state index in [1.807, 2.05) is 6.07 Å². The molecule has 0 aromatic heterocycles. The van der Waals surface area contributed by atoms with E-state index in [-0.39, 0.29) is 5.82 Å². The molecule has 1 rings (SSSR count). The zero-order chi connectivity index (χ0) is 11.8. The van der Waals surface area contributed by atoms with Gasteiger partial charge >= 0.3 is 0 Å². The Labute approximate surface area is 97.6 Å². The zero-order valence-corrected chi connectivity index (χ0v) is 10.3. The van der Waals surface area contributed by atoms with Gasteiger partial charge in [-0.15, -0.1) is 0 Å². The van der Waals surface area contributed by atoms with Crippen molar-refractivity contribution in [1.82, 2.24) is 0 Å². The fourth-order valence-corrected chi connectivity index (χ4v) is 1.65. The van der Waals surface area contributed by atoms with Crippen LogP contribution in [0, 0.1) is 5.82 Å². The van der Waals surface area contributed by atoms with Crippen LogP contribution in [-0.2, 0) is 6.42 Å². The van der Waals surface area contributed by atoms with Crippen LogP contribution >= 0.6 is 0 Å². The highest BCUT2D eigenvalue weighted by atomic mass is 19.1. The highest BCUT2D eigenvalue weighted by Crippen LogP contribution is 2.22. The average Bonchev–Trinajstić information content (AvgIpc) is 2.29. The fraction of sp³-hybridized carbons (Fsp3) is 0.571. The normalized spacial score (nSPS) is 10.4. The highest BCUT2D eigenvalue weighted by molar-refractivity contribution is 5.34. The molecule has 2 heteroatoms. The summed E-state index contributed by atoms with van der Waals surface area (Å²) >= 11 is 0. The second-order valence-electron chi connectivity index (χ2n) is 4.06. The number of hydrogen-bond donors (Lipinski definition) is 0. The molecular formula is C14H21FO. The van der Waals surface area contributed by atoms with Gasteiger partial charge in [-0.2, -0.15) is 0 Å². The van der Waals surface area contributed by atoms with Crippen LogP contribution in [0.25, 0.3) is 0 Å². The minimum atomic E-state index is -0.217. The third-order valence-corrected chi connectivity index (χ3v) is 2.54. The van der Waals surface area contributed by atoms with Gasteiger partial charge in [0, 0.05) is 6.07 Å². The van der Waals surface area contributed by atoms with Crippen molar-refractivity contribution in [3.05, 3.63) is 29.6 Å². The van der Waals surface area contributed by atoms with E-state index in [0.29, 0.717) is 6.61 Å². The van der Waals surface area contributed by atoms with Crippen molar-refractivity contribution in [3.8, 4) is 5.75 Å². The number of hydrogen-bond acceptors (Lipinski definition) is 1. The number of ether oxygens (including phenoxy) is 1. The van der Waals surface area contributed by atoms with Crippen molar-refractivity contribution in [1.29, 1.82) is 0 Å². The molecule has 0 fully saturated rings. The van der Waals surface area contributed by atoms with Crippen LogP contribution in [0.15, 0.2) is 18.2 Å². The smallest absolute Gasteiger partial charge is 0.126 e. The predicted molar refractivity (Wildman–Crippen MR) is 65.4 cm³/mol. The van der Waals surface area contributed by atoms with Gasteiger partial charge in [0.25, 0.3) is 0 Å². The summed E-state index contributed by atoms with van der Waals surface area (Å²) in [5.41, 5.74) is 1.13. The van der Waals surface area contributed by atoms with Gasteiger partial charge in [-0.3, -0.25) is 0 Å². The molecule has 0 bridgehead atoms. The second-order valence-corrected chi connectivity index (χ2v) is 4.06. The van der Waals surface area contributed by atoms with Crippen molar-refractivity contribution >= 4 is 0 Å². The molecule has 0 amide bonds. The highest BCUT2D eigenvalue weighted by Gasteiger charge is 2.05. The van der Waals surface area contributed by atoms with Gasteiger partial charge in [0.05, 0.1) is 6.61 Å². The molecule has 0 saturated heterocycles. The lowest BCUT2D eigenvalue weighted by molar-refractivity contribution is 0.312. The summed E-state index contributed by atoms with van der Waals surface area (Å²) in [7, 11) is 0. The first-order valence-electron chi connectivity index (χ1n) is 6.19. The maximum atomic E-state index is 13.1. The van der Waals surface area contributed by atoms with E-state index in [1.54, 1.807) is 0 Å². The number of unbranched alkanes of at least 4 members (excludes halogenated alkanes) is 2. The van der Waals surface area contributed by atoms with Crippen LogP contribution in [0.4, 0.5) is 4.39 Å². The van der Waals surface area contributed by atoms with Crippen molar-refractivity contribution in [3.63, 3.8) is 0 Å². The van der Waals surface area contributed by atoms with Crippen molar-refractivity contribution in [2.24, 2.45) is 0 Å². The lowest BCUT2D eigenvalue weighted by Gasteiger charge is -2.10. The summed E-state index contributed by atoms with van der Waals surface area (Å²) < 4.78 is 18.6. The summed E-state index contributed by atoms with van der Waals surface area (Å²) in [6.45, 7) is 4.89. The molecule has 0 N–H and O–H groups in total. The number of rotatable bonds is 7. The van der Waals surface area contributed by atoms with E-state index in [4.69, 9.17) is 4.74 Å². The Morgan fingerprint density at radius 2 is 1.94 bits per heavy atom. The fourth-order valence-electron chi connectivity index (χ4n) is 1.65. The minimum Gasteiger partial charge on any atom is -0.493 e. The minimum absolute atomic E-state index is 0.217. The zero-order valence-electron chi connectivity index (χ0n) is 10.3. The number of aryl methyl sites for hydroxylation is 1. The predicted octanol–water partition coefficient (Wildman–Crippen LogP) is 4.35. The molecule has 1 aromatic rings. The van der Waals surface area contributed by atoms with E-state index in [0.717, 1.165) is 30.6 Å². The molecule has 0 spiro atoms. The molecular weight excluding hydrogens is 203 g/mol. The van der Waals surface area contributed by atoms with E-state index < -0.39 is 0 Å². The molecule has 0 radical (unpaired) electrons. The third kappa shape index (κ3) is 4.21. The Morgan fingerprint density at radius 1 is 1.12 bits per heavy atom. The summed E-state index contributed by atoms with van der Waals surface area (Å²) in [5, 5.41) is 0. The van der Waals surface area contributed by atoms with Gasteiger partial charge < -0.3 is 4.74 Å². The van der Waals surface area contributed by atoms with Gasteiger partial charge in [0.15, 0.2) is 0 Å². The largest absolute Gasteiger partial charge is 0.493 e. The molecule has 1 nitrogen and oxygen atoms in total. The van der Waals surface area contributed by atoms with Crippen LogP contribution in [0.1, 0.15) is 45.1 Å². The maximum Gasteiger partial charge on any atom is 0.126 e. The van der Waals surface area contributed by atoms with Crippen molar-refractivity contribution in [2.45, 2.75) is 46.0 Å². The van der Waals surface area contributed by atoms with E-state index >= 15 is 0 Å². The lowest BCUT2D eigenvalue weighted by Crippen LogP contribution is -1.99. The molecule has 1 aromatic carbocycles. The Morgan fingerprint density at radius 3 is 2.62 bits per heavy atom. The van der Waals surface area contributed by atoms with Crippen LogP contribution in [-0.4, -0.2) is 6.61 Å². The molecule has 0 unspecified atom stereocenters. The molecule has 0 atom stereocenters. The Kier molecular flexibility index (Phi) is 5.91. The van der Waals surface area contributed by atoms with Gasteiger partial charge in [-0.1, -0.05) is 32.8 Å². The van der Waals surface area contributed by atoms with Crippen molar-refractivity contribution in [2.75, 3.05) is 6.61 Å². The molecule has 90 valence electrons. The number of benzene rings is 1. The monoisotopic (exact) mass is 224 g/mol. The van der Waals surface area contributed by atoms with Gasteiger partial charge in [-0.05, 0) is 30.9 Å². The topological polar surface area (TPSA) is 9.23 Å². The lowest BCUT2D eigenvalue weighted by atomic mass is 10.1. The van der Waals surface area contributed by atoms with Crippen LogP contribution < -0.4 is 4.74 Å². The van der Waals surface area contributed by atoms with E-state index in [1.165, 1.54) is 25.0 Å². The summed E-state index contributed by atoms with van der Waals surface area (Å²) in [6.07, 6.45) is 5.49. The van der Waals surface area contributed by atoms with Crippen LogP contribution in [0.2, 0.25) is 0 Å². The summed E-state index contributed by atoms with van der Waals surface area (Å²) in [5.74, 6) is 0.503. The first kappa shape index (κ1) is 13.0. The third-order valence-electron chi connectivity index (χ3n) is 2.54. The van der Waals surface area contributed by atoms with E-state index in [9.17, 15) is 4.39 Å². The maximum absolute atomic E-state index is 13.1. The molecule has 0 aliphatic heterocycles. The Hall–Kier alpha value is -1.05. The standard InChI is InChI=1S/C14H21FO/c1-3-5-6-7-12-8-9-13(15)11-14(12)16-10-4-2/h8-9,11H,3-7,10H2,1-2H3. The van der Waals surface area contributed by atoms with Crippen LogP contribution in [0.3, 0.4) is 0 Å². The van der Waals surface area contributed by atoms with Gasteiger partial charge in [-0.25, -0.2) is 4.39 Å². The molecule has 0 heterocycles. The Bertz CT molecular complexity index is 310. The van der Waals surface area contributed by atoms with Gasteiger partial charge in [0.2, 0.25) is 0 Å². The summed E-state index contributed by atoms with van der Waals surface area (Å²) in [6, 6.07) is 4.85. The first-order chi connectivity index (χ1) is 7.77. The molecule has 0 aliphatic rings. The van der Waals surface area contributed by atoms with Crippen LogP contribution in [0.5, 0.6) is 5.75 Å². The first-order valence-corrected chi connectivity index (χ1v) is 6.19. The average molecular weight is 224 g/mol. The SMILES string of the molecule is CCCCCc1ccc(F)cc1OCCC. The molecule has 0 aliphatic carbocycles. The molecule has 16 heavy (non-hydrogen) atoms. The second kappa shape index (κ2) is 7.26. The summed E-state index contributed by atoms with van der Waals surface area (Å²) in [4.78, 5) is 0. The number of halogens is 1. The molecule has 0 saturated carbocycles. The van der Waals surface area contributed by atoms with E-state index in [2.05, 4.69) is 13.8 Å². The van der Waals surface area contributed by atoms with Gasteiger partial charge in [0.1, 0.15) is 11.6 Å². The quantitative estimate of drug-likeness (QED) is 0.626. The van der Waals surface area contributed by atoms with Crippen molar-refractivity contribution < 1.29 is 9.13 Å². The Balaban J connectivity index is 2.64.